The van der Waals surface area contributed by atoms with E-state index >= 15 is 0 Å². The monoisotopic (exact) mass is 663 g/mol. The normalized spacial score (nSPS) is 28.3. The van der Waals surface area contributed by atoms with Crippen molar-refractivity contribution in [2.45, 2.75) is 84.3 Å². The number of rotatable bonds is 2. The molecule has 1 aromatic heterocycles. The van der Waals surface area contributed by atoms with Gasteiger partial charge in [-0.05, 0) is 65.0 Å². The van der Waals surface area contributed by atoms with Gasteiger partial charge in [0.05, 0.1) is 12.2 Å². The summed E-state index contributed by atoms with van der Waals surface area (Å²) >= 11 is 0. The maximum Gasteiger partial charge on any atom is 0.0646 e. The van der Waals surface area contributed by atoms with E-state index in [1.54, 1.807) is 0 Å². The molecule has 2 unspecified atom stereocenters. The molecule has 0 amide bonds. The van der Waals surface area contributed by atoms with Crippen molar-refractivity contribution < 1.29 is 30.3 Å². The topological polar surface area (TPSA) is 53.4 Å². The van der Waals surface area contributed by atoms with Gasteiger partial charge >= 0.3 is 0 Å². The fourth-order valence-corrected chi connectivity index (χ4v) is 7.16. The quantitative estimate of drug-likeness (QED) is 0.287. The molecule has 0 saturated heterocycles. The summed E-state index contributed by atoms with van der Waals surface area (Å²) in [6, 6.07) is 20.2. The summed E-state index contributed by atoms with van der Waals surface area (Å²) < 4.78 is 0. The third-order valence-corrected chi connectivity index (χ3v) is 9.03. The fraction of sp³-hybridized carbons (Fsp3) is 0.531. The Balaban J connectivity index is 0.000000178. The van der Waals surface area contributed by atoms with Crippen LogP contribution in [0.4, 0.5) is 0 Å². The van der Waals surface area contributed by atoms with E-state index in [2.05, 4.69) is 75.3 Å². The molecular weight excluding hydrogens is 623 g/mol. The fourth-order valence-electron chi connectivity index (χ4n) is 7.16. The average molecular weight is 663 g/mol. The number of nitrogens with zero attached hydrogens (tertiary/aromatic N) is 1. The molecule has 2 aromatic carbocycles. The van der Waals surface area contributed by atoms with Gasteiger partial charge in [0.2, 0.25) is 0 Å². The van der Waals surface area contributed by atoms with Crippen molar-refractivity contribution in [3.63, 3.8) is 0 Å². The second-order valence-corrected chi connectivity index (χ2v) is 12.5. The van der Waals surface area contributed by atoms with Gasteiger partial charge in [-0.25, -0.2) is 0 Å². The largest absolute Gasteiger partial charge is 0.392 e. The maximum atomic E-state index is 10.2. The minimum Gasteiger partial charge on any atom is -0.392 e. The Bertz CT molecular complexity index is 1150. The predicted octanol–water partition coefficient (Wildman–Crippen LogP) is 7.16. The van der Waals surface area contributed by atoms with E-state index in [9.17, 15) is 10.2 Å². The first-order chi connectivity index (χ1) is 16.7. The molecule has 0 bridgehead atoms. The molecule has 3 aromatic rings. The zero-order chi connectivity index (χ0) is 24.8. The summed E-state index contributed by atoms with van der Waals surface area (Å²) in [5, 5.41) is 23.0. The van der Waals surface area contributed by atoms with Gasteiger partial charge in [0, 0.05) is 37.6 Å². The molecule has 195 valence electrons. The van der Waals surface area contributed by atoms with Crippen molar-refractivity contribution in [1.82, 2.24) is 4.98 Å². The summed E-state index contributed by atoms with van der Waals surface area (Å²) in [7, 11) is 0. The Kier molecular flexibility index (Phi) is 8.12. The number of fused-ring (bicyclic) bond motifs is 2. The predicted molar refractivity (Wildman–Crippen MR) is 143 cm³/mol. The summed E-state index contributed by atoms with van der Waals surface area (Å²) in [5.74, 6) is 1.36. The van der Waals surface area contributed by atoms with E-state index < -0.39 is 0 Å². The second-order valence-electron chi connectivity index (χ2n) is 12.5. The Labute approximate surface area is 230 Å². The first-order valence-electron chi connectivity index (χ1n) is 13.4. The van der Waals surface area contributed by atoms with Crippen molar-refractivity contribution in [3.05, 3.63) is 66.4 Å². The van der Waals surface area contributed by atoms with Crippen LogP contribution >= 0.6 is 0 Å². The van der Waals surface area contributed by atoms with Crippen LogP contribution in [0.25, 0.3) is 22.0 Å². The molecule has 1 heterocycles. The van der Waals surface area contributed by atoms with E-state index in [1.165, 1.54) is 42.0 Å². The van der Waals surface area contributed by atoms with Gasteiger partial charge in [0.15, 0.2) is 0 Å². The van der Waals surface area contributed by atoms with Crippen LogP contribution in [-0.2, 0) is 20.1 Å². The molecule has 2 atom stereocenters. The first-order valence-corrected chi connectivity index (χ1v) is 13.4. The number of hydrogen-bond acceptors (Lipinski definition) is 3. The van der Waals surface area contributed by atoms with Crippen molar-refractivity contribution in [2.24, 2.45) is 22.7 Å². The van der Waals surface area contributed by atoms with Crippen LogP contribution in [0.1, 0.15) is 77.7 Å². The van der Waals surface area contributed by atoms with E-state index in [0.29, 0.717) is 5.92 Å². The maximum absolute atomic E-state index is 10.2. The van der Waals surface area contributed by atoms with E-state index in [1.807, 2.05) is 18.2 Å². The molecule has 3 aliphatic carbocycles. The standard InChI is InChI=1S/C20H18N.C12H22O2.Ir/c1-2-9-16(10-3-1)20-13-17-11-6-12-18(19(17)14-21-20)15-7-4-5-8-15;1-11(2)5-7-6-12(3,4)10(14)8(7)9(11)13;/h1-3,6,9,11-15H,4-5,7-8H2;7-10,13-14H,5-6H2,1-4H3;/q-1;;. The van der Waals surface area contributed by atoms with E-state index in [4.69, 9.17) is 0 Å². The number of benzene rings is 2. The van der Waals surface area contributed by atoms with Crippen molar-refractivity contribution in [1.29, 1.82) is 0 Å². The third kappa shape index (κ3) is 5.20. The number of aliphatic hydroxyl groups is 2. The first kappa shape index (κ1) is 27.5. The Morgan fingerprint density at radius 2 is 1.56 bits per heavy atom. The summed E-state index contributed by atoms with van der Waals surface area (Å²) in [5.41, 5.74) is 3.54. The minimum atomic E-state index is -0.329. The third-order valence-electron chi connectivity index (χ3n) is 9.03. The molecule has 6 rings (SSSR count). The molecule has 0 aliphatic heterocycles. The summed E-state index contributed by atoms with van der Waals surface area (Å²) in [6.45, 7) is 8.43. The van der Waals surface area contributed by atoms with Gasteiger partial charge < -0.3 is 15.2 Å². The number of hydrogen-bond donors (Lipinski definition) is 2. The van der Waals surface area contributed by atoms with Crippen molar-refractivity contribution in [3.8, 4) is 11.3 Å². The van der Waals surface area contributed by atoms with Crippen LogP contribution in [0, 0.1) is 28.7 Å². The van der Waals surface area contributed by atoms with Gasteiger partial charge in [-0.2, -0.15) is 0 Å². The molecule has 3 saturated carbocycles. The summed E-state index contributed by atoms with van der Waals surface area (Å²) in [4.78, 5) is 4.68. The molecule has 36 heavy (non-hydrogen) atoms. The van der Waals surface area contributed by atoms with Crippen LogP contribution in [0.3, 0.4) is 0 Å². The molecule has 3 aliphatic rings. The van der Waals surface area contributed by atoms with Crippen LogP contribution in [0.5, 0.6) is 0 Å². The van der Waals surface area contributed by atoms with Gasteiger partial charge in [-0.15, -0.1) is 35.9 Å². The minimum absolute atomic E-state index is 0. The van der Waals surface area contributed by atoms with Crippen LogP contribution in [0.2, 0.25) is 0 Å². The Morgan fingerprint density at radius 1 is 0.889 bits per heavy atom. The molecule has 4 heteroatoms. The Hall–Kier alpha value is -1.58. The molecule has 1 radical (unpaired) electrons. The second kappa shape index (κ2) is 10.7. The summed E-state index contributed by atoms with van der Waals surface area (Å²) in [6.07, 6.45) is 8.89. The number of pyridine rings is 1. The smallest absolute Gasteiger partial charge is 0.0646 e. The average Bonchev–Trinajstić information content (AvgIpc) is 3.50. The zero-order valence-corrected chi connectivity index (χ0v) is 24.4. The van der Waals surface area contributed by atoms with Gasteiger partial charge in [0.1, 0.15) is 0 Å². The van der Waals surface area contributed by atoms with Gasteiger partial charge in [0.25, 0.3) is 0 Å². The SMILES string of the molecule is CC1(C)CC2CC(C)(C)C(O)C2C1O.[Ir].[c-]1ccccc1-c1cc2cccc(C3CCCC3)c2cn1. The molecule has 0 spiro atoms. The van der Waals surface area contributed by atoms with Crippen LogP contribution < -0.4 is 0 Å². The van der Waals surface area contributed by atoms with Crippen LogP contribution in [-0.4, -0.2) is 27.4 Å². The van der Waals surface area contributed by atoms with E-state index in [0.717, 1.165) is 30.0 Å². The van der Waals surface area contributed by atoms with Crippen molar-refractivity contribution >= 4 is 10.8 Å². The number of aromatic nitrogens is 1. The Morgan fingerprint density at radius 3 is 2.14 bits per heavy atom. The van der Waals surface area contributed by atoms with Crippen molar-refractivity contribution in [2.75, 3.05) is 0 Å². The van der Waals surface area contributed by atoms with E-state index in [-0.39, 0.29) is 49.1 Å². The number of aliphatic hydroxyl groups excluding tert-OH is 2. The van der Waals surface area contributed by atoms with Gasteiger partial charge in [-0.3, -0.25) is 0 Å². The zero-order valence-electron chi connectivity index (χ0n) is 22.0. The van der Waals surface area contributed by atoms with Gasteiger partial charge in [-0.1, -0.05) is 64.8 Å². The molecular formula is C32H40IrNO2-. The molecule has 3 nitrogen and oxygen atoms in total. The molecule has 2 N–H and O–H groups in total. The van der Waals surface area contributed by atoms with Crippen LogP contribution in [0.15, 0.2) is 54.7 Å². The molecule has 3 fully saturated rings.